The largest absolute Gasteiger partial charge is 0.417 e. The summed E-state index contributed by atoms with van der Waals surface area (Å²) in [4.78, 5) is 18.1. The molecular formula is C23H27ClF3N3O2. The number of benzene rings is 1. The molecule has 174 valence electrons. The van der Waals surface area contributed by atoms with E-state index in [1.165, 1.54) is 5.56 Å². The van der Waals surface area contributed by atoms with Gasteiger partial charge in [0.1, 0.15) is 5.82 Å². The molecule has 0 atom stereocenters. The van der Waals surface area contributed by atoms with Crippen molar-refractivity contribution in [2.75, 3.05) is 37.7 Å². The number of pyridine rings is 1. The number of nitrogens with one attached hydrogen (secondary N) is 1. The first-order valence-corrected chi connectivity index (χ1v) is 11.1. The number of piperidine rings is 1. The molecule has 1 amide bonds. The molecule has 1 aromatic carbocycles. The number of nitrogens with zero attached hydrogens (tertiary/aromatic N) is 2. The first-order valence-electron chi connectivity index (χ1n) is 10.7. The second kappa shape index (κ2) is 11.5. The highest BCUT2D eigenvalue weighted by atomic mass is 35.5. The van der Waals surface area contributed by atoms with Crippen molar-refractivity contribution in [2.24, 2.45) is 5.92 Å². The number of alkyl halides is 3. The SMILES string of the molecule is O=C(NCCCOCCc1ccccc1)C1CCN(c2ncc(C(F)(F)F)cc2Cl)CC1. The minimum Gasteiger partial charge on any atom is -0.381 e. The lowest BCUT2D eigenvalue weighted by Gasteiger charge is -2.32. The van der Waals surface area contributed by atoms with Gasteiger partial charge in [-0.1, -0.05) is 41.9 Å². The van der Waals surface area contributed by atoms with Crippen LogP contribution < -0.4 is 10.2 Å². The van der Waals surface area contributed by atoms with Crippen molar-refractivity contribution >= 4 is 23.3 Å². The molecule has 1 aliphatic heterocycles. The van der Waals surface area contributed by atoms with E-state index in [1.807, 2.05) is 23.1 Å². The van der Waals surface area contributed by atoms with Gasteiger partial charge in [0.05, 0.1) is 17.2 Å². The van der Waals surface area contributed by atoms with Crippen LogP contribution in [0.25, 0.3) is 0 Å². The third-order valence-electron chi connectivity index (χ3n) is 5.46. The highest BCUT2D eigenvalue weighted by molar-refractivity contribution is 6.33. The molecule has 1 aliphatic rings. The number of rotatable bonds is 9. The summed E-state index contributed by atoms with van der Waals surface area (Å²) >= 11 is 6.03. The Labute approximate surface area is 190 Å². The van der Waals surface area contributed by atoms with E-state index in [4.69, 9.17) is 16.3 Å². The van der Waals surface area contributed by atoms with Crippen LogP contribution in [0.15, 0.2) is 42.6 Å². The van der Waals surface area contributed by atoms with Crippen molar-refractivity contribution in [3.8, 4) is 0 Å². The fraction of sp³-hybridized carbons (Fsp3) is 0.478. The van der Waals surface area contributed by atoms with Gasteiger partial charge in [0.15, 0.2) is 0 Å². The van der Waals surface area contributed by atoms with Gasteiger partial charge < -0.3 is 15.0 Å². The van der Waals surface area contributed by atoms with Crippen LogP contribution in [0.5, 0.6) is 0 Å². The maximum absolute atomic E-state index is 12.8. The number of amides is 1. The van der Waals surface area contributed by atoms with Crippen molar-refractivity contribution in [2.45, 2.75) is 31.9 Å². The Hall–Kier alpha value is -2.32. The summed E-state index contributed by atoms with van der Waals surface area (Å²) in [6.45, 7) is 2.81. The molecule has 0 unspecified atom stereocenters. The van der Waals surface area contributed by atoms with Crippen molar-refractivity contribution in [1.82, 2.24) is 10.3 Å². The third-order valence-corrected chi connectivity index (χ3v) is 5.74. The standard InChI is InChI=1S/C23H27ClF3N3O2/c24-20-15-19(23(25,26)27)16-29-21(20)30-11-7-18(8-12-30)22(31)28-10-4-13-32-14-9-17-5-2-1-3-6-17/h1-3,5-6,15-16,18H,4,7-14H2,(H,28,31). The minimum absolute atomic E-state index is 0.000381. The van der Waals surface area contributed by atoms with Crippen LogP contribution in [-0.2, 0) is 22.1 Å². The van der Waals surface area contributed by atoms with Crippen molar-refractivity contribution in [3.63, 3.8) is 0 Å². The molecule has 32 heavy (non-hydrogen) atoms. The Kier molecular flexibility index (Phi) is 8.75. The average molecular weight is 470 g/mol. The fourth-order valence-electron chi connectivity index (χ4n) is 3.64. The van der Waals surface area contributed by atoms with Gasteiger partial charge in [-0.2, -0.15) is 13.2 Å². The van der Waals surface area contributed by atoms with Crippen LogP contribution in [0.3, 0.4) is 0 Å². The van der Waals surface area contributed by atoms with Gasteiger partial charge in [-0.3, -0.25) is 4.79 Å². The van der Waals surface area contributed by atoms with E-state index in [0.717, 1.165) is 25.1 Å². The van der Waals surface area contributed by atoms with Crippen LogP contribution >= 0.6 is 11.6 Å². The van der Waals surface area contributed by atoms with Crippen LogP contribution in [0.4, 0.5) is 19.0 Å². The monoisotopic (exact) mass is 469 g/mol. The van der Waals surface area contributed by atoms with Gasteiger partial charge >= 0.3 is 6.18 Å². The molecule has 0 radical (unpaired) electrons. The molecule has 1 saturated heterocycles. The van der Waals surface area contributed by atoms with Crippen molar-refractivity contribution in [1.29, 1.82) is 0 Å². The molecule has 3 rings (SSSR count). The quantitative estimate of drug-likeness (QED) is 0.539. The van der Waals surface area contributed by atoms with Crippen LogP contribution in [0.2, 0.25) is 5.02 Å². The first kappa shape index (κ1) is 24.3. The molecule has 0 saturated carbocycles. The van der Waals surface area contributed by atoms with Crippen LogP contribution in [0.1, 0.15) is 30.4 Å². The van der Waals surface area contributed by atoms with E-state index in [9.17, 15) is 18.0 Å². The lowest BCUT2D eigenvalue weighted by atomic mass is 9.96. The summed E-state index contributed by atoms with van der Waals surface area (Å²) in [7, 11) is 0. The number of carbonyl (C=O) groups is 1. The molecule has 1 fully saturated rings. The van der Waals surface area contributed by atoms with Crippen molar-refractivity contribution in [3.05, 3.63) is 58.7 Å². The molecule has 0 aliphatic carbocycles. The first-order chi connectivity index (χ1) is 15.3. The van der Waals surface area contributed by atoms with E-state index in [0.29, 0.717) is 51.5 Å². The summed E-state index contributed by atoms with van der Waals surface area (Å²) in [6, 6.07) is 11.0. The number of anilines is 1. The number of hydrogen-bond acceptors (Lipinski definition) is 4. The summed E-state index contributed by atoms with van der Waals surface area (Å²) in [5.74, 6) is 0.199. The Balaban J connectivity index is 1.32. The highest BCUT2D eigenvalue weighted by Crippen LogP contribution is 2.34. The maximum Gasteiger partial charge on any atom is 0.417 e. The van der Waals surface area contributed by atoms with Crippen LogP contribution in [0, 0.1) is 5.92 Å². The number of hydrogen-bond donors (Lipinski definition) is 1. The second-order valence-corrected chi connectivity index (χ2v) is 8.19. The summed E-state index contributed by atoms with van der Waals surface area (Å²) in [5.41, 5.74) is 0.365. The van der Waals surface area contributed by atoms with E-state index >= 15 is 0 Å². The molecule has 0 spiro atoms. The minimum atomic E-state index is -4.48. The normalized spacial score (nSPS) is 15.1. The Morgan fingerprint density at radius 2 is 1.91 bits per heavy atom. The lowest BCUT2D eigenvalue weighted by Crippen LogP contribution is -2.41. The highest BCUT2D eigenvalue weighted by Gasteiger charge is 2.33. The van der Waals surface area contributed by atoms with Gasteiger partial charge in [0.25, 0.3) is 0 Å². The van der Waals surface area contributed by atoms with E-state index < -0.39 is 11.7 Å². The molecule has 9 heteroatoms. The van der Waals surface area contributed by atoms with Crippen molar-refractivity contribution < 1.29 is 22.7 Å². The Morgan fingerprint density at radius 1 is 1.19 bits per heavy atom. The molecular weight excluding hydrogens is 443 g/mol. The molecule has 0 bridgehead atoms. The Morgan fingerprint density at radius 3 is 2.56 bits per heavy atom. The number of halogens is 4. The summed E-state index contributed by atoms with van der Waals surface area (Å²) < 4.78 is 44.0. The number of carbonyl (C=O) groups excluding carboxylic acids is 1. The van der Waals surface area contributed by atoms with Crippen LogP contribution in [-0.4, -0.2) is 43.7 Å². The zero-order valence-electron chi connectivity index (χ0n) is 17.7. The van der Waals surface area contributed by atoms with Gasteiger partial charge in [-0.05, 0) is 37.3 Å². The topological polar surface area (TPSA) is 54.5 Å². The zero-order chi connectivity index (χ0) is 23.0. The lowest BCUT2D eigenvalue weighted by molar-refractivity contribution is -0.137. The molecule has 1 aromatic heterocycles. The third kappa shape index (κ3) is 7.10. The molecule has 5 nitrogen and oxygen atoms in total. The van der Waals surface area contributed by atoms with Gasteiger partial charge in [-0.25, -0.2) is 4.98 Å². The molecule has 2 aromatic rings. The predicted molar refractivity (Wildman–Crippen MR) is 118 cm³/mol. The number of ether oxygens (including phenoxy) is 1. The Bertz CT molecular complexity index is 873. The average Bonchev–Trinajstić information content (AvgIpc) is 2.78. The zero-order valence-corrected chi connectivity index (χ0v) is 18.5. The smallest absolute Gasteiger partial charge is 0.381 e. The summed E-state index contributed by atoms with van der Waals surface area (Å²) in [6.07, 6.45) is -0.889. The van der Waals surface area contributed by atoms with E-state index in [2.05, 4.69) is 22.4 Å². The fourth-order valence-corrected chi connectivity index (χ4v) is 3.92. The maximum atomic E-state index is 12.8. The summed E-state index contributed by atoms with van der Waals surface area (Å²) in [5, 5.41) is 2.91. The van der Waals surface area contributed by atoms with Gasteiger partial charge in [0.2, 0.25) is 5.91 Å². The number of aromatic nitrogens is 1. The van der Waals surface area contributed by atoms with Gasteiger partial charge in [-0.15, -0.1) is 0 Å². The molecule has 2 heterocycles. The molecule has 1 N–H and O–H groups in total. The predicted octanol–water partition coefficient (Wildman–Crippen LogP) is 4.74. The van der Waals surface area contributed by atoms with E-state index in [1.54, 1.807) is 0 Å². The van der Waals surface area contributed by atoms with E-state index in [-0.39, 0.29) is 16.8 Å². The second-order valence-electron chi connectivity index (χ2n) is 7.78. The van der Waals surface area contributed by atoms with Gasteiger partial charge in [0, 0.05) is 38.4 Å².